The summed E-state index contributed by atoms with van der Waals surface area (Å²) in [5, 5.41) is 0. The van der Waals surface area contributed by atoms with E-state index in [0.29, 0.717) is 5.82 Å². The molecule has 5 heteroatoms. The van der Waals surface area contributed by atoms with Crippen LogP contribution in [0.1, 0.15) is 47.6 Å². The molecule has 1 aromatic heterocycles. The maximum atomic E-state index is 12.7. The van der Waals surface area contributed by atoms with Crippen molar-refractivity contribution in [2.45, 2.75) is 39.0 Å². The molecule has 2 aromatic rings. The summed E-state index contributed by atoms with van der Waals surface area (Å²) in [5.74, 6) is 0.543. The van der Waals surface area contributed by atoms with Crippen LogP contribution >= 0.6 is 0 Å². The first-order chi connectivity index (χ1) is 13.1. The van der Waals surface area contributed by atoms with E-state index in [-0.39, 0.29) is 11.3 Å². The highest BCUT2D eigenvalue weighted by Crippen LogP contribution is 2.39. The predicted molar refractivity (Wildman–Crippen MR) is 107 cm³/mol. The fraction of sp³-hybridized carbons (Fsp3) is 0.545. The molecule has 5 nitrogen and oxygen atoms in total. The summed E-state index contributed by atoms with van der Waals surface area (Å²) < 4.78 is 0. The molecule has 2 fully saturated rings. The van der Waals surface area contributed by atoms with Gasteiger partial charge in [-0.05, 0) is 57.7 Å². The number of carbonyl (C=O) groups excluding carboxylic acids is 1. The number of rotatable bonds is 5. The number of amides is 1. The molecule has 144 valence electrons. The van der Waals surface area contributed by atoms with Crippen molar-refractivity contribution in [3.05, 3.63) is 53.6 Å². The molecule has 1 N–H and O–H groups in total. The normalized spacial score (nSPS) is 23.2. The Labute approximate surface area is 161 Å². The standard InChI is InChI=1S/C22H30N4O/c1-18-15-23-20(24-18)21(27)26-14-11-22(17-26)10-6-13-25(16-22)12-5-9-19-7-3-2-4-8-19/h2-4,7-8,15H,5-6,9-14,16-17H2,1H3,(H,23,24). The van der Waals surface area contributed by atoms with Crippen LogP contribution in [-0.2, 0) is 6.42 Å². The van der Waals surface area contributed by atoms with Gasteiger partial charge in [0.25, 0.3) is 5.91 Å². The molecule has 1 unspecified atom stereocenters. The van der Waals surface area contributed by atoms with Crippen molar-refractivity contribution in [2.24, 2.45) is 5.41 Å². The van der Waals surface area contributed by atoms with Gasteiger partial charge >= 0.3 is 0 Å². The van der Waals surface area contributed by atoms with Crippen LogP contribution in [0.25, 0.3) is 0 Å². The van der Waals surface area contributed by atoms with Crippen LogP contribution in [0, 0.1) is 12.3 Å². The summed E-state index contributed by atoms with van der Waals surface area (Å²) in [7, 11) is 0. The van der Waals surface area contributed by atoms with Gasteiger partial charge in [-0.1, -0.05) is 30.3 Å². The number of benzene rings is 1. The zero-order chi connectivity index (χ0) is 18.7. The zero-order valence-corrected chi connectivity index (χ0v) is 16.3. The zero-order valence-electron chi connectivity index (χ0n) is 16.3. The Morgan fingerprint density at radius 1 is 1.19 bits per heavy atom. The quantitative estimate of drug-likeness (QED) is 0.883. The number of carbonyl (C=O) groups is 1. The van der Waals surface area contributed by atoms with E-state index in [1.165, 1.54) is 31.4 Å². The number of nitrogens with one attached hydrogen (secondary N) is 1. The van der Waals surface area contributed by atoms with Gasteiger partial charge in [-0.2, -0.15) is 0 Å². The van der Waals surface area contributed by atoms with Crippen molar-refractivity contribution in [1.82, 2.24) is 19.8 Å². The lowest BCUT2D eigenvalue weighted by molar-refractivity contribution is 0.0679. The van der Waals surface area contributed by atoms with Crippen molar-refractivity contribution in [2.75, 3.05) is 32.7 Å². The summed E-state index contributed by atoms with van der Waals surface area (Å²) in [5.41, 5.74) is 2.65. The lowest BCUT2D eigenvalue weighted by atomic mass is 9.79. The maximum Gasteiger partial charge on any atom is 0.289 e. The number of likely N-dealkylation sites (tertiary alicyclic amines) is 2. The molecular formula is C22H30N4O. The molecule has 1 atom stereocenters. The lowest BCUT2D eigenvalue weighted by Crippen LogP contribution is -2.45. The topological polar surface area (TPSA) is 52.2 Å². The monoisotopic (exact) mass is 366 g/mol. The highest BCUT2D eigenvalue weighted by molar-refractivity contribution is 5.90. The van der Waals surface area contributed by atoms with Gasteiger partial charge in [0.1, 0.15) is 0 Å². The first-order valence-electron chi connectivity index (χ1n) is 10.2. The molecule has 27 heavy (non-hydrogen) atoms. The van der Waals surface area contributed by atoms with E-state index >= 15 is 0 Å². The second-order valence-electron chi connectivity index (χ2n) is 8.36. The number of aromatic amines is 1. The molecular weight excluding hydrogens is 336 g/mol. The first kappa shape index (κ1) is 18.2. The van der Waals surface area contributed by atoms with Crippen molar-refractivity contribution >= 4 is 5.91 Å². The average Bonchev–Trinajstić information content (AvgIpc) is 3.29. The van der Waals surface area contributed by atoms with Crippen molar-refractivity contribution in [3.8, 4) is 0 Å². The Balaban J connectivity index is 1.30. The number of H-pyrrole nitrogens is 1. The van der Waals surface area contributed by atoms with Crippen LogP contribution in [0.2, 0.25) is 0 Å². The van der Waals surface area contributed by atoms with E-state index in [9.17, 15) is 4.79 Å². The molecule has 1 amide bonds. The van der Waals surface area contributed by atoms with Crippen LogP contribution < -0.4 is 0 Å². The van der Waals surface area contributed by atoms with Gasteiger partial charge in [0.2, 0.25) is 0 Å². The number of hydrogen-bond donors (Lipinski definition) is 1. The van der Waals surface area contributed by atoms with Gasteiger partial charge in [-0.15, -0.1) is 0 Å². The maximum absolute atomic E-state index is 12.7. The smallest absolute Gasteiger partial charge is 0.289 e. The average molecular weight is 367 g/mol. The van der Waals surface area contributed by atoms with E-state index in [0.717, 1.165) is 44.7 Å². The molecule has 1 aromatic carbocycles. The number of aryl methyl sites for hydroxylation is 2. The van der Waals surface area contributed by atoms with E-state index < -0.39 is 0 Å². The van der Waals surface area contributed by atoms with Crippen LogP contribution in [-0.4, -0.2) is 58.4 Å². The minimum absolute atomic E-state index is 0.0566. The van der Waals surface area contributed by atoms with Gasteiger partial charge < -0.3 is 14.8 Å². The van der Waals surface area contributed by atoms with E-state index in [4.69, 9.17) is 0 Å². The predicted octanol–water partition coefficient (Wildman–Crippen LogP) is 3.28. The van der Waals surface area contributed by atoms with E-state index in [1.54, 1.807) is 6.20 Å². The SMILES string of the molecule is Cc1cnc(C(=O)N2CCC3(CCCN(CCCc4ccccc4)C3)C2)[nH]1. The van der Waals surface area contributed by atoms with Crippen LogP contribution in [0.4, 0.5) is 0 Å². The highest BCUT2D eigenvalue weighted by Gasteiger charge is 2.43. The second kappa shape index (κ2) is 7.85. The lowest BCUT2D eigenvalue weighted by Gasteiger charge is -2.40. The minimum Gasteiger partial charge on any atom is -0.338 e. The van der Waals surface area contributed by atoms with Crippen LogP contribution in [0.3, 0.4) is 0 Å². The van der Waals surface area contributed by atoms with Gasteiger partial charge in [-0.3, -0.25) is 4.79 Å². The number of aromatic nitrogens is 2. The minimum atomic E-state index is 0.0566. The van der Waals surface area contributed by atoms with Crippen molar-refractivity contribution in [1.29, 1.82) is 0 Å². The third-order valence-corrected chi connectivity index (χ3v) is 6.15. The molecule has 2 aliphatic rings. The molecule has 0 aliphatic carbocycles. The van der Waals surface area contributed by atoms with Gasteiger partial charge in [0.15, 0.2) is 5.82 Å². The Bertz CT molecular complexity index is 772. The Kier molecular flexibility index (Phi) is 5.30. The van der Waals surface area contributed by atoms with Crippen LogP contribution in [0.15, 0.2) is 36.5 Å². The molecule has 0 radical (unpaired) electrons. The molecule has 3 heterocycles. The van der Waals surface area contributed by atoms with Crippen molar-refractivity contribution in [3.63, 3.8) is 0 Å². The van der Waals surface area contributed by atoms with Gasteiger partial charge in [0.05, 0.1) is 0 Å². The fourth-order valence-electron chi connectivity index (χ4n) is 4.77. The van der Waals surface area contributed by atoms with Gasteiger partial charge in [-0.25, -0.2) is 4.98 Å². The molecule has 0 bridgehead atoms. The fourth-order valence-corrected chi connectivity index (χ4v) is 4.77. The number of hydrogen-bond acceptors (Lipinski definition) is 3. The first-order valence-corrected chi connectivity index (χ1v) is 10.2. The van der Waals surface area contributed by atoms with E-state index in [1.807, 2.05) is 11.8 Å². The second-order valence-corrected chi connectivity index (χ2v) is 8.36. The number of imidazole rings is 1. The molecule has 4 rings (SSSR count). The Morgan fingerprint density at radius 2 is 2.04 bits per heavy atom. The number of nitrogens with zero attached hydrogens (tertiary/aromatic N) is 3. The van der Waals surface area contributed by atoms with Crippen LogP contribution in [0.5, 0.6) is 0 Å². The molecule has 2 saturated heterocycles. The summed E-state index contributed by atoms with van der Waals surface area (Å²) in [4.78, 5) is 24.6. The third-order valence-electron chi connectivity index (χ3n) is 6.15. The summed E-state index contributed by atoms with van der Waals surface area (Å²) in [6.07, 6.45) is 7.68. The molecule has 2 aliphatic heterocycles. The molecule has 1 spiro atoms. The third kappa shape index (κ3) is 4.24. The molecule has 0 saturated carbocycles. The highest BCUT2D eigenvalue weighted by atomic mass is 16.2. The van der Waals surface area contributed by atoms with Gasteiger partial charge in [0, 0.05) is 36.9 Å². The van der Waals surface area contributed by atoms with E-state index in [2.05, 4.69) is 45.2 Å². The summed E-state index contributed by atoms with van der Waals surface area (Å²) in [6, 6.07) is 10.8. The summed E-state index contributed by atoms with van der Waals surface area (Å²) in [6.45, 7) is 7.15. The largest absolute Gasteiger partial charge is 0.338 e. The Morgan fingerprint density at radius 3 is 2.81 bits per heavy atom. The van der Waals surface area contributed by atoms with Crippen molar-refractivity contribution < 1.29 is 4.79 Å². The summed E-state index contributed by atoms with van der Waals surface area (Å²) >= 11 is 0. The Hall–Kier alpha value is -2.14. The number of piperidine rings is 1.